The Kier molecular flexibility index (Phi) is 7.00. The summed E-state index contributed by atoms with van der Waals surface area (Å²) in [5.74, 6) is 0. The van der Waals surface area contributed by atoms with Gasteiger partial charge in [-0.2, -0.15) is 0 Å². The van der Waals surface area contributed by atoms with Crippen LogP contribution in [-0.2, 0) is 0 Å². The van der Waals surface area contributed by atoms with Crippen molar-refractivity contribution in [3.63, 3.8) is 0 Å². The number of piperidine rings is 1. The van der Waals surface area contributed by atoms with Gasteiger partial charge in [0.2, 0.25) is 0 Å². The minimum Gasteiger partial charge on any atom is -0.310 e. The molecule has 0 spiro atoms. The summed E-state index contributed by atoms with van der Waals surface area (Å²) in [6, 6.07) is 0.609. The Bertz CT molecular complexity index is 850. The lowest BCUT2D eigenvalue weighted by Crippen LogP contribution is -2.43. The first-order valence-electron chi connectivity index (χ1n) is 10.7. The van der Waals surface area contributed by atoms with Crippen LogP contribution < -0.4 is 5.32 Å². The highest BCUT2D eigenvalue weighted by atomic mass is 15.1. The molecule has 4 nitrogen and oxygen atoms in total. The Labute approximate surface area is 174 Å². The van der Waals surface area contributed by atoms with Gasteiger partial charge >= 0.3 is 0 Å². The van der Waals surface area contributed by atoms with Crippen LogP contribution in [-0.4, -0.2) is 47.1 Å². The molecule has 29 heavy (non-hydrogen) atoms. The zero-order chi connectivity index (χ0) is 19.7. The van der Waals surface area contributed by atoms with Crippen molar-refractivity contribution in [2.45, 2.75) is 31.7 Å². The average Bonchev–Trinajstić information content (AvgIpc) is 3.17. The average molecular weight is 387 g/mol. The molecule has 0 bridgehead atoms. The molecule has 3 aliphatic rings. The molecule has 2 heterocycles. The number of aromatic nitrogens is 2. The fraction of sp³-hybridized carbons (Fsp3) is 0.360. The van der Waals surface area contributed by atoms with E-state index in [0.717, 1.165) is 31.5 Å². The van der Waals surface area contributed by atoms with E-state index in [0.29, 0.717) is 6.04 Å². The van der Waals surface area contributed by atoms with Crippen LogP contribution in [0, 0.1) is 0 Å². The van der Waals surface area contributed by atoms with Crippen molar-refractivity contribution in [1.82, 2.24) is 20.2 Å². The van der Waals surface area contributed by atoms with Crippen LogP contribution in [0.25, 0.3) is 5.57 Å². The quantitative estimate of drug-likeness (QED) is 0.794. The molecule has 0 radical (unpaired) electrons. The number of hydrogen-bond donors (Lipinski definition) is 1. The molecule has 0 unspecified atom stereocenters. The normalized spacial score (nSPS) is 20.6. The van der Waals surface area contributed by atoms with Crippen LogP contribution >= 0.6 is 0 Å². The first kappa shape index (κ1) is 19.7. The largest absolute Gasteiger partial charge is 0.310 e. The standard InChI is InChI=1S/C25H30N4/c1-2-4-7-22(6-3-1)19-29-14-12-25(13-15-29)28-16-21-8-5-9-23(11-10-21)24-17-26-20-27-18-24/h1,3-4,6-11,17-18,20,25,28H,2,5,12-16,19H2. The Morgan fingerprint density at radius 3 is 2.66 bits per heavy atom. The summed E-state index contributed by atoms with van der Waals surface area (Å²) in [7, 11) is 0. The molecule has 1 aromatic rings. The fourth-order valence-electron chi connectivity index (χ4n) is 4.01. The number of nitrogens with zero attached hydrogens (tertiary/aromatic N) is 3. The van der Waals surface area contributed by atoms with Gasteiger partial charge in [-0.05, 0) is 55.5 Å². The van der Waals surface area contributed by atoms with Crippen molar-refractivity contribution in [2.24, 2.45) is 0 Å². The number of hydrogen-bond acceptors (Lipinski definition) is 4. The maximum absolute atomic E-state index is 4.12. The van der Waals surface area contributed by atoms with Gasteiger partial charge in [0, 0.05) is 37.1 Å². The lowest BCUT2D eigenvalue weighted by molar-refractivity contribution is 0.215. The lowest BCUT2D eigenvalue weighted by Gasteiger charge is -2.32. The third-order valence-corrected chi connectivity index (χ3v) is 5.73. The number of likely N-dealkylation sites (tertiary alicyclic amines) is 1. The van der Waals surface area contributed by atoms with Crippen LogP contribution in [0.2, 0.25) is 0 Å². The maximum atomic E-state index is 4.12. The molecule has 4 heteroatoms. The molecule has 4 rings (SSSR count). The molecule has 1 saturated heterocycles. The lowest BCUT2D eigenvalue weighted by atomic mass is 10.0. The van der Waals surface area contributed by atoms with E-state index >= 15 is 0 Å². The van der Waals surface area contributed by atoms with E-state index in [1.807, 2.05) is 12.4 Å². The molecule has 0 atom stereocenters. The highest BCUT2D eigenvalue weighted by Crippen LogP contribution is 2.20. The highest BCUT2D eigenvalue weighted by molar-refractivity contribution is 5.74. The Morgan fingerprint density at radius 2 is 1.79 bits per heavy atom. The number of nitrogens with one attached hydrogen (secondary N) is 1. The molecule has 1 fully saturated rings. The maximum Gasteiger partial charge on any atom is 0.115 e. The van der Waals surface area contributed by atoms with Crippen LogP contribution in [0.4, 0.5) is 0 Å². The Balaban J connectivity index is 1.21. The molecule has 0 aromatic carbocycles. The van der Waals surface area contributed by atoms with Gasteiger partial charge in [-0.15, -0.1) is 0 Å². The summed E-state index contributed by atoms with van der Waals surface area (Å²) in [6.45, 7) is 4.34. The fourth-order valence-corrected chi connectivity index (χ4v) is 4.01. The summed E-state index contributed by atoms with van der Waals surface area (Å²) in [4.78, 5) is 10.8. The Morgan fingerprint density at radius 1 is 0.931 bits per heavy atom. The van der Waals surface area contributed by atoms with Crippen molar-refractivity contribution in [1.29, 1.82) is 0 Å². The van der Waals surface area contributed by atoms with Crippen molar-refractivity contribution in [3.8, 4) is 0 Å². The van der Waals surface area contributed by atoms with Crippen molar-refractivity contribution >= 4 is 5.57 Å². The second kappa shape index (κ2) is 10.3. The predicted molar refractivity (Wildman–Crippen MR) is 120 cm³/mol. The second-order valence-corrected chi connectivity index (χ2v) is 7.87. The van der Waals surface area contributed by atoms with Gasteiger partial charge < -0.3 is 5.32 Å². The first-order valence-corrected chi connectivity index (χ1v) is 10.7. The van der Waals surface area contributed by atoms with E-state index in [9.17, 15) is 0 Å². The summed E-state index contributed by atoms with van der Waals surface area (Å²) in [6.07, 6.45) is 29.9. The summed E-state index contributed by atoms with van der Waals surface area (Å²) in [5, 5.41) is 3.77. The van der Waals surface area contributed by atoms with Crippen LogP contribution in [0.5, 0.6) is 0 Å². The number of allylic oxidation sites excluding steroid dienone is 8. The molecule has 1 aliphatic heterocycles. The van der Waals surface area contributed by atoms with E-state index in [1.54, 1.807) is 6.33 Å². The van der Waals surface area contributed by atoms with Crippen molar-refractivity contribution < 1.29 is 0 Å². The van der Waals surface area contributed by atoms with Crippen LogP contribution in [0.3, 0.4) is 0 Å². The summed E-state index contributed by atoms with van der Waals surface area (Å²) < 4.78 is 0. The molecular weight excluding hydrogens is 356 g/mol. The monoisotopic (exact) mass is 386 g/mol. The third-order valence-electron chi connectivity index (χ3n) is 5.73. The first-order chi connectivity index (χ1) is 14.4. The molecule has 150 valence electrons. The summed E-state index contributed by atoms with van der Waals surface area (Å²) >= 11 is 0. The van der Waals surface area contributed by atoms with Gasteiger partial charge in [0.1, 0.15) is 6.33 Å². The predicted octanol–water partition coefficient (Wildman–Crippen LogP) is 4.24. The number of rotatable bonds is 6. The molecule has 2 aliphatic carbocycles. The molecule has 1 N–H and O–H groups in total. The zero-order valence-electron chi connectivity index (χ0n) is 17.0. The topological polar surface area (TPSA) is 41.0 Å². The van der Waals surface area contributed by atoms with Crippen molar-refractivity contribution in [3.05, 3.63) is 90.1 Å². The zero-order valence-corrected chi connectivity index (χ0v) is 17.0. The van der Waals surface area contributed by atoms with E-state index in [2.05, 4.69) is 74.9 Å². The van der Waals surface area contributed by atoms with E-state index in [-0.39, 0.29) is 0 Å². The minimum atomic E-state index is 0.609. The molecule has 1 aromatic heterocycles. The summed E-state index contributed by atoms with van der Waals surface area (Å²) in [5.41, 5.74) is 5.05. The van der Waals surface area contributed by atoms with Gasteiger partial charge in [0.25, 0.3) is 0 Å². The highest BCUT2D eigenvalue weighted by Gasteiger charge is 2.19. The van der Waals surface area contributed by atoms with E-state index in [1.165, 1.54) is 42.7 Å². The Hall–Kier alpha value is -2.56. The SMILES string of the molecule is C1=CCC=CC(CN2CCC(NCC3=CCC=C(c4cncnc4)C=C3)CC2)=C1. The van der Waals surface area contributed by atoms with Crippen molar-refractivity contribution in [2.75, 3.05) is 26.2 Å². The third kappa shape index (κ3) is 5.96. The molecule has 0 saturated carbocycles. The second-order valence-electron chi connectivity index (χ2n) is 7.87. The van der Waals surface area contributed by atoms with Gasteiger partial charge in [-0.1, -0.05) is 54.7 Å². The smallest absolute Gasteiger partial charge is 0.115 e. The van der Waals surface area contributed by atoms with Gasteiger partial charge in [-0.25, -0.2) is 9.97 Å². The van der Waals surface area contributed by atoms with E-state index in [4.69, 9.17) is 0 Å². The van der Waals surface area contributed by atoms with Gasteiger partial charge in [0.05, 0.1) is 0 Å². The van der Waals surface area contributed by atoms with Gasteiger partial charge in [0.15, 0.2) is 0 Å². The molecule has 0 amide bonds. The van der Waals surface area contributed by atoms with Crippen LogP contribution in [0.15, 0.2) is 84.6 Å². The minimum absolute atomic E-state index is 0.609. The van der Waals surface area contributed by atoms with Crippen LogP contribution in [0.1, 0.15) is 31.2 Å². The molecular formula is C25H30N4. The van der Waals surface area contributed by atoms with Gasteiger partial charge in [-0.3, -0.25) is 4.90 Å². The van der Waals surface area contributed by atoms with E-state index < -0.39 is 0 Å².